The quantitative estimate of drug-likeness (QED) is 0.394. The molecule has 0 aliphatic rings. The molecule has 80 valence electrons. The van der Waals surface area contributed by atoms with Crippen molar-refractivity contribution in [3.8, 4) is 0 Å². The highest BCUT2D eigenvalue weighted by molar-refractivity contribution is 5.68. The second kappa shape index (κ2) is 6.18. The van der Waals surface area contributed by atoms with Gasteiger partial charge >= 0.3 is 11.9 Å². The van der Waals surface area contributed by atoms with Crippen LogP contribution in [0.15, 0.2) is 11.6 Å². The number of allylic oxidation sites excluding steroid dienone is 1. The summed E-state index contributed by atoms with van der Waals surface area (Å²) >= 11 is 0. The third-order valence-corrected chi connectivity index (χ3v) is 1.44. The van der Waals surface area contributed by atoms with E-state index in [0.29, 0.717) is 0 Å². The van der Waals surface area contributed by atoms with E-state index in [4.69, 9.17) is 9.47 Å². The second-order valence-electron chi connectivity index (χ2n) is 2.91. The Balaban J connectivity index is 4.45. The van der Waals surface area contributed by atoms with E-state index in [1.807, 2.05) is 13.0 Å². The van der Waals surface area contributed by atoms with Gasteiger partial charge in [0.25, 0.3) is 6.29 Å². The Morgan fingerprint density at radius 2 is 1.57 bits per heavy atom. The van der Waals surface area contributed by atoms with Gasteiger partial charge in [-0.05, 0) is 13.3 Å². The van der Waals surface area contributed by atoms with Crippen molar-refractivity contribution in [2.75, 3.05) is 0 Å². The summed E-state index contributed by atoms with van der Waals surface area (Å²) in [5.74, 6) is -0.944. The molecule has 0 saturated carbocycles. The van der Waals surface area contributed by atoms with E-state index >= 15 is 0 Å². The summed E-state index contributed by atoms with van der Waals surface area (Å²) < 4.78 is 9.65. The molecule has 0 aliphatic heterocycles. The van der Waals surface area contributed by atoms with Gasteiger partial charge in [0.15, 0.2) is 0 Å². The van der Waals surface area contributed by atoms with Gasteiger partial charge in [-0.25, -0.2) is 0 Å². The first-order valence-electron chi connectivity index (χ1n) is 4.48. The Kier molecular flexibility index (Phi) is 5.60. The van der Waals surface area contributed by atoms with Gasteiger partial charge < -0.3 is 9.47 Å². The molecule has 0 heterocycles. The summed E-state index contributed by atoms with van der Waals surface area (Å²) in [5, 5.41) is 0. The standard InChI is InChI=1S/C10H16O4/c1-5-6-7(2)10(13-8(3)11)14-9(4)12/h6,10H,5H2,1-4H3/b7-6+. The fraction of sp³-hybridized carbons (Fsp3) is 0.600. The number of esters is 2. The van der Waals surface area contributed by atoms with Crippen LogP contribution in [-0.4, -0.2) is 18.2 Å². The lowest BCUT2D eigenvalue weighted by molar-refractivity contribution is -0.178. The van der Waals surface area contributed by atoms with E-state index < -0.39 is 18.2 Å². The van der Waals surface area contributed by atoms with Crippen LogP contribution in [0.4, 0.5) is 0 Å². The summed E-state index contributed by atoms with van der Waals surface area (Å²) in [6.07, 6.45) is 1.76. The lowest BCUT2D eigenvalue weighted by atomic mass is 10.2. The van der Waals surface area contributed by atoms with Crippen molar-refractivity contribution in [1.82, 2.24) is 0 Å². The van der Waals surface area contributed by atoms with Crippen molar-refractivity contribution < 1.29 is 19.1 Å². The molecule has 0 atom stereocenters. The molecule has 0 aliphatic carbocycles. The first kappa shape index (κ1) is 12.7. The number of hydrogen-bond acceptors (Lipinski definition) is 4. The molecule has 0 radical (unpaired) electrons. The van der Waals surface area contributed by atoms with Gasteiger partial charge in [-0.3, -0.25) is 9.59 Å². The van der Waals surface area contributed by atoms with Crippen molar-refractivity contribution in [2.45, 2.75) is 40.4 Å². The van der Waals surface area contributed by atoms with Crippen LogP contribution < -0.4 is 0 Å². The topological polar surface area (TPSA) is 52.6 Å². The summed E-state index contributed by atoms with van der Waals surface area (Å²) in [5.41, 5.74) is 0.720. The minimum absolute atomic E-state index is 0.472. The van der Waals surface area contributed by atoms with Crippen molar-refractivity contribution in [2.24, 2.45) is 0 Å². The molecule has 0 saturated heterocycles. The molecule has 0 rings (SSSR count). The minimum atomic E-state index is -0.884. The van der Waals surface area contributed by atoms with Crippen LogP contribution in [0, 0.1) is 0 Å². The third kappa shape index (κ3) is 5.35. The highest BCUT2D eigenvalue weighted by Gasteiger charge is 2.16. The molecule has 0 aromatic heterocycles. The Morgan fingerprint density at radius 3 is 1.86 bits per heavy atom. The van der Waals surface area contributed by atoms with Crippen LogP contribution >= 0.6 is 0 Å². The molecule has 0 spiro atoms. The van der Waals surface area contributed by atoms with Crippen LogP contribution in [0.2, 0.25) is 0 Å². The predicted octanol–water partition coefficient (Wildman–Crippen LogP) is 1.79. The monoisotopic (exact) mass is 200 g/mol. The van der Waals surface area contributed by atoms with Crippen molar-refractivity contribution in [3.05, 3.63) is 11.6 Å². The van der Waals surface area contributed by atoms with Gasteiger partial charge in [0.1, 0.15) is 0 Å². The van der Waals surface area contributed by atoms with E-state index in [0.717, 1.165) is 12.0 Å². The summed E-state index contributed by atoms with van der Waals surface area (Å²) in [4.78, 5) is 21.4. The van der Waals surface area contributed by atoms with Gasteiger partial charge in [0.2, 0.25) is 0 Å². The number of rotatable bonds is 4. The molecule has 0 aromatic carbocycles. The van der Waals surface area contributed by atoms with Crippen LogP contribution in [0.1, 0.15) is 34.1 Å². The Bertz CT molecular complexity index is 227. The molecule has 0 amide bonds. The second-order valence-corrected chi connectivity index (χ2v) is 2.91. The summed E-state index contributed by atoms with van der Waals surface area (Å²) in [7, 11) is 0. The maximum atomic E-state index is 10.7. The number of hydrogen-bond donors (Lipinski definition) is 0. The lowest BCUT2D eigenvalue weighted by Crippen LogP contribution is -2.23. The van der Waals surface area contributed by atoms with Gasteiger partial charge in [0.05, 0.1) is 0 Å². The molecule has 0 bridgehead atoms. The van der Waals surface area contributed by atoms with Gasteiger partial charge in [0, 0.05) is 19.4 Å². The molecule has 0 N–H and O–H groups in total. The van der Waals surface area contributed by atoms with E-state index in [-0.39, 0.29) is 0 Å². The number of carbonyl (C=O) groups excluding carboxylic acids is 2. The zero-order valence-corrected chi connectivity index (χ0v) is 8.99. The molecular formula is C10H16O4. The third-order valence-electron chi connectivity index (χ3n) is 1.44. The van der Waals surface area contributed by atoms with Crippen molar-refractivity contribution in [3.63, 3.8) is 0 Å². The largest absolute Gasteiger partial charge is 0.421 e. The summed E-state index contributed by atoms with van der Waals surface area (Å²) in [6, 6.07) is 0. The maximum absolute atomic E-state index is 10.7. The first-order valence-corrected chi connectivity index (χ1v) is 4.48. The van der Waals surface area contributed by atoms with E-state index in [1.165, 1.54) is 13.8 Å². The SMILES string of the molecule is CC/C=C(\C)C(OC(C)=O)OC(C)=O. The zero-order valence-electron chi connectivity index (χ0n) is 8.99. The predicted molar refractivity (Wildman–Crippen MR) is 51.4 cm³/mol. The number of carbonyl (C=O) groups is 2. The average molecular weight is 200 g/mol. The average Bonchev–Trinajstić information content (AvgIpc) is 2.01. The maximum Gasteiger partial charge on any atom is 0.305 e. The smallest absolute Gasteiger partial charge is 0.305 e. The van der Waals surface area contributed by atoms with Crippen molar-refractivity contribution >= 4 is 11.9 Å². The molecule has 4 heteroatoms. The van der Waals surface area contributed by atoms with Crippen LogP contribution in [0.5, 0.6) is 0 Å². The highest BCUT2D eigenvalue weighted by atomic mass is 16.7. The first-order chi connectivity index (χ1) is 6.47. The molecule has 0 unspecified atom stereocenters. The normalized spacial score (nSPS) is 11.4. The molecule has 0 aromatic rings. The van der Waals surface area contributed by atoms with E-state index in [1.54, 1.807) is 6.92 Å². The lowest BCUT2D eigenvalue weighted by Gasteiger charge is -2.16. The Morgan fingerprint density at radius 1 is 1.14 bits per heavy atom. The number of ether oxygens (including phenoxy) is 2. The molecular weight excluding hydrogens is 184 g/mol. The van der Waals surface area contributed by atoms with Crippen LogP contribution in [0.25, 0.3) is 0 Å². The van der Waals surface area contributed by atoms with E-state index in [9.17, 15) is 9.59 Å². The Labute approximate surface area is 83.9 Å². The molecule has 14 heavy (non-hydrogen) atoms. The molecule has 4 nitrogen and oxygen atoms in total. The zero-order chi connectivity index (χ0) is 11.1. The van der Waals surface area contributed by atoms with Crippen LogP contribution in [0.3, 0.4) is 0 Å². The highest BCUT2D eigenvalue weighted by Crippen LogP contribution is 2.09. The van der Waals surface area contributed by atoms with Gasteiger partial charge in [-0.1, -0.05) is 13.0 Å². The minimum Gasteiger partial charge on any atom is -0.421 e. The fourth-order valence-corrected chi connectivity index (χ4v) is 0.930. The Hall–Kier alpha value is -1.32. The van der Waals surface area contributed by atoms with Gasteiger partial charge in [-0.15, -0.1) is 0 Å². The van der Waals surface area contributed by atoms with Gasteiger partial charge in [-0.2, -0.15) is 0 Å². The fourth-order valence-electron chi connectivity index (χ4n) is 0.930. The summed E-state index contributed by atoms with van der Waals surface area (Å²) in [6.45, 7) is 6.24. The van der Waals surface area contributed by atoms with Crippen LogP contribution in [-0.2, 0) is 19.1 Å². The molecule has 0 fully saturated rings. The van der Waals surface area contributed by atoms with Crippen molar-refractivity contribution in [1.29, 1.82) is 0 Å². The van der Waals surface area contributed by atoms with E-state index in [2.05, 4.69) is 0 Å².